The van der Waals surface area contributed by atoms with Crippen molar-refractivity contribution < 1.29 is 9.53 Å². The zero-order valence-electron chi connectivity index (χ0n) is 11.7. The zero-order chi connectivity index (χ0) is 13.8. The Labute approximate surface area is 120 Å². The molecule has 3 rings (SSSR count). The molecule has 106 valence electrons. The van der Waals surface area contributed by atoms with Gasteiger partial charge in [-0.15, -0.1) is 0 Å². The van der Waals surface area contributed by atoms with E-state index < -0.39 is 0 Å². The van der Waals surface area contributed by atoms with Gasteiger partial charge in [0, 0.05) is 18.7 Å². The zero-order valence-corrected chi connectivity index (χ0v) is 11.7. The highest BCUT2D eigenvalue weighted by atomic mass is 16.5. The number of amides is 1. The van der Waals surface area contributed by atoms with Gasteiger partial charge < -0.3 is 9.64 Å². The largest absolute Gasteiger partial charge is 0.379 e. The summed E-state index contributed by atoms with van der Waals surface area (Å²) in [6, 6.07) is 10.2. The van der Waals surface area contributed by atoms with Crippen molar-refractivity contribution in [2.75, 3.05) is 18.1 Å². The Hall–Kier alpha value is -1.61. The molecule has 0 unspecified atom stereocenters. The van der Waals surface area contributed by atoms with Gasteiger partial charge in [-0.2, -0.15) is 0 Å². The van der Waals surface area contributed by atoms with E-state index in [9.17, 15) is 4.79 Å². The Kier molecular flexibility index (Phi) is 4.16. The summed E-state index contributed by atoms with van der Waals surface area (Å²) in [7, 11) is 0. The molecule has 1 aromatic rings. The molecule has 0 saturated carbocycles. The summed E-state index contributed by atoms with van der Waals surface area (Å²) in [6.07, 6.45) is 8.13. The Morgan fingerprint density at radius 2 is 2.10 bits per heavy atom. The molecule has 20 heavy (non-hydrogen) atoms. The molecule has 1 aliphatic carbocycles. The fraction of sp³-hybridized carbons (Fsp3) is 0.471. The van der Waals surface area contributed by atoms with Gasteiger partial charge in [0.25, 0.3) is 0 Å². The monoisotopic (exact) mass is 271 g/mol. The van der Waals surface area contributed by atoms with Crippen molar-refractivity contribution in [3.05, 3.63) is 42.5 Å². The molecular formula is C17H21NO2. The molecular weight excluding hydrogens is 250 g/mol. The predicted molar refractivity (Wildman–Crippen MR) is 79.6 cm³/mol. The van der Waals surface area contributed by atoms with Crippen LogP contribution in [0.2, 0.25) is 0 Å². The van der Waals surface area contributed by atoms with Crippen molar-refractivity contribution in [3.8, 4) is 0 Å². The fourth-order valence-electron chi connectivity index (χ4n) is 3.06. The van der Waals surface area contributed by atoms with E-state index in [-0.39, 0.29) is 11.9 Å². The molecule has 1 amide bonds. The SMILES string of the molecule is O=C(C[C@H]1C=CCC1)N(c1ccccc1)[C@@H]1CCOC1. The average Bonchev–Trinajstić information content (AvgIpc) is 3.14. The van der Waals surface area contributed by atoms with Gasteiger partial charge in [0.1, 0.15) is 0 Å². The first-order chi connectivity index (χ1) is 9.84. The van der Waals surface area contributed by atoms with E-state index >= 15 is 0 Å². The molecule has 2 atom stereocenters. The summed E-state index contributed by atoms with van der Waals surface area (Å²) in [4.78, 5) is 14.7. The van der Waals surface area contributed by atoms with Crippen LogP contribution in [0.15, 0.2) is 42.5 Å². The van der Waals surface area contributed by atoms with Crippen LogP contribution < -0.4 is 4.90 Å². The maximum absolute atomic E-state index is 12.7. The molecule has 1 saturated heterocycles. The van der Waals surface area contributed by atoms with Crippen LogP contribution in [0.4, 0.5) is 5.69 Å². The lowest BCUT2D eigenvalue weighted by Crippen LogP contribution is -2.41. The lowest BCUT2D eigenvalue weighted by atomic mass is 10.0. The first kappa shape index (κ1) is 13.4. The van der Waals surface area contributed by atoms with Crippen LogP contribution >= 0.6 is 0 Å². The number of hydrogen-bond donors (Lipinski definition) is 0. The molecule has 1 heterocycles. The van der Waals surface area contributed by atoms with Gasteiger partial charge >= 0.3 is 0 Å². The number of benzene rings is 1. The predicted octanol–water partition coefficient (Wildman–Crippen LogP) is 3.16. The van der Waals surface area contributed by atoms with E-state index in [0.29, 0.717) is 18.9 Å². The van der Waals surface area contributed by atoms with Crippen molar-refractivity contribution in [2.24, 2.45) is 5.92 Å². The van der Waals surface area contributed by atoms with Gasteiger partial charge in [-0.3, -0.25) is 4.79 Å². The lowest BCUT2D eigenvalue weighted by molar-refractivity contribution is -0.119. The van der Waals surface area contributed by atoms with Crippen LogP contribution in [0.25, 0.3) is 0 Å². The molecule has 1 fully saturated rings. The minimum absolute atomic E-state index is 0.190. The number of allylic oxidation sites excluding steroid dienone is 2. The fourth-order valence-corrected chi connectivity index (χ4v) is 3.06. The van der Waals surface area contributed by atoms with Gasteiger partial charge in [0.15, 0.2) is 0 Å². The summed E-state index contributed by atoms with van der Waals surface area (Å²) in [5, 5.41) is 0. The Morgan fingerprint density at radius 3 is 2.75 bits per heavy atom. The first-order valence-corrected chi connectivity index (χ1v) is 7.46. The van der Waals surface area contributed by atoms with Gasteiger partial charge in [0.05, 0.1) is 12.6 Å². The topological polar surface area (TPSA) is 29.5 Å². The number of ether oxygens (including phenoxy) is 1. The van der Waals surface area contributed by atoms with Crippen molar-refractivity contribution >= 4 is 11.6 Å². The molecule has 1 aromatic carbocycles. The first-order valence-electron chi connectivity index (χ1n) is 7.46. The van der Waals surface area contributed by atoms with Crippen LogP contribution in [0, 0.1) is 5.92 Å². The van der Waals surface area contributed by atoms with E-state index in [4.69, 9.17) is 4.74 Å². The minimum atomic E-state index is 0.190. The molecule has 0 radical (unpaired) electrons. The molecule has 0 aromatic heterocycles. The summed E-state index contributed by atoms with van der Waals surface area (Å²) in [5.74, 6) is 0.638. The number of rotatable bonds is 4. The minimum Gasteiger partial charge on any atom is -0.379 e. The second kappa shape index (κ2) is 6.23. The van der Waals surface area contributed by atoms with Gasteiger partial charge in [0.2, 0.25) is 5.91 Å². The number of anilines is 1. The van der Waals surface area contributed by atoms with Crippen molar-refractivity contribution in [2.45, 2.75) is 31.7 Å². The van der Waals surface area contributed by atoms with Crippen LogP contribution in [0.5, 0.6) is 0 Å². The molecule has 3 nitrogen and oxygen atoms in total. The van der Waals surface area contributed by atoms with E-state index in [2.05, 4.69) is 12.2 Å². The van der Waals surface area contributed by atoms with Crippen LogP contribution in [0.1, 0.15) is 25.7 Å². The maximum Gasteiger partial charge on any atom is 0.227 e. The Balaban J connectivity index is 1.77. The number of hydrogen-bond acceptors (Lipinski definition) is 2. The molecule has 2 aliphatic rings. The maximum atomic E-state index is 12.7. The lowest BCUT2D eigenvalue weighted by Gasteiger charge is -2.29. The van der Waals surface area contributed by atoms with Gasteiger partial charge in [-0.05, 0) is 37.3 Å². The summed E-state index contributed by atoms with van der Waals surface area (Å²) in [5.41, 5.74) is 0.995. The third-order valence-electron chi connectivity index (χ3n) is 4.12. The molecule has 1 aliphatic heterocycles. The summed E-state index contributed by atoms with van der Waals surface area (Å²) in [6.45, 7) is 1.41. The molecule has 0 spiro atoms. The Bertz CT molecular complexity index is 477. The smallest absolute Gasteiger partial charge is 0.227 e. The normalized spacial score (nSPS) is 25.0. The van der Waals surface area contributed by atoms with Crippen LogP contribution in [-0.2, 0) is 9.53 Å². The third-order valence-corrected chi connectivity index (χ3v) is 4.12. The van der Waals surface area contributed by atoms with E-state index in [1.807, 2.05) is 35.2 Å². The highest BCUT2D eigenvalue weighted by Crippen LogP contribution is 2.26. The number of para-hydroxylation sites is 1. The summed E-state index contributed by atoms with van der Waals surface area (Å²) < 4.78 is 5.47. The Morgan fingerprint density at radius 1 is 1.25 bits per heavy atom. The molecule has 3 heteroatoms. The standard InChI is InChI=1S/C17H21NO2/c19-17(12-14-6-4-5-7-14)18(16-10-11-20-13-16)15-8-2-1-3-9-15/h1-4,6,8-9,14,16H,5,7,10-13H2/t14-,16+/m0/s1. The summed E-state index contributed by atoms with van der Waals surface area (Å²) >= 11 is 0. The quantitative estimate of drug-likeness (QED) is 0.787. The van der Waals surface area contributed by atoms with E-state index in [1.54, 1.807) is 0 Å². The second-order valence-electron chi connectivity index (χ2n) is 5.59. The highest BCUT2D eigenvalue weighted by molar-refractivity contribution is 5.94. The van der Waals surface area contributed by atoms with Gasteiger partial charge in [-0.25, -0.2) is 0 Å². The second-order valence-corrected chi connectivity index (χ2v) is 5.59. The van der Waals surface area contributed by atoms with Crippen LogP contribution in [0.3, 0.4) is 0 Å². The van der Waals surface area contributed by atoms with Crippen LogP contribution in [-0.4, -0.2) is 25.2 Å². The highest BCUT2D eigenvalue weighted by Gasteiger charge is 2.29. The van der Waals surface area contributed by atoms with E-state index in [0.717, 1.165) is 31.6 Å². The average molecular weight is 271 g/mol. The van der Waals surface area contributed by atoms with Crippen molar-refractivity contribution in [3.63, 3.8) is 0 Å². The van der Waals surface area contributed by atoms with Crippen molar-refractivity contribution in [1.82, 2.24) is 0 Å². The van der Waals surface area contributed by atoms with E-state index in [1.165, 1.54) is 0 Å². The number of nitrogens with zero attached hydrogens (tertiary/aromatic N) is 1. The molecule has 0 bridgehead atoms. The van der Waals surface area contributed by atoms with Crippen molar-refractivity contribution in [1.29, 1.82) is 0 Å². The third kappa shape index (κ3) is 2.93. The number of carbonyl (C=O) groups excluding carboxylic acids is 1. The van der Waals surface area contributed by atoms with Gasteiger partial charge in [-0.1, -0.05) is 30.4 Å². The molecule has 0 N–H and O–H groups in total. The number of carbonyl (C=O) groups is 1.